The molecule has 1 aromatic carbocycles. The lowest BCUT2D eigenvalue weighted by Crippen LogP contribution is -2.28. The predicted octanol–water partition coefficient (Wildman–Crippen LogP) is 1.93. The van der Waals surface area contributed by atoms with Crippen LogP contribution in [0.2, 0.25) is 0 Å². The molecule has 0 saturated heterocycles. The number of ether oxygens (including phenoxy) is 1. The normalized spacial score (nSPS) is 18.1. The number of halogens is 1. The van der Waals surface area contributed by atoms with E-state index in [2.05, 4.69) is 5.32 Å². The first-order chi connectivity index (χ1) is 9.22. The van der Waals surface area contributed by atoms with Gasteiger partial charge < -0.3 is 15.2 Å². The van der Waals surface area contributed by atoms with Gasteiger partial charge in [0.2, 0.25) is 5.91 Å². The lowest BCUT2D eigenvalue weighted by Gasteiger charge is -2.18. The molecule has 0 spiro atoms. The van der Waals surface area contributed by atoms with E-state index in [-0.39, 0.29) is 30.7 Å². The van der Waals surface area contributed by atoms with Crippen molar-refractivity contribution in [2.75, 3.05) is 13.2 Å². The molecule has 4 nitrogen and oxygen atoms in total. The van der Waals surface area contributed by atoms with Gasteiger partial charge in [-0.1, -0.05) is 12.1 Å². The molecule has 2 N–H and O–H groups in total. The molecule has 1 amide bonds. The van der Waals surface area contributed by atoms with E-state index in [9.17, 15) is 9.18 Å². The zero-order valence-corrected chi connectivity index (χ0v) is 10.7. The molecule has 2 rings (SSSR count). The molecule has 1 aliphatic rings. The number of rotatable bonds is 4. The maximum atomic E-state index is 13.7. The number of carbonyl (C=O) groups excluding carboxylic acids is 1. The summed E-state index contributed by atoms with van der Waals surface area (Å²) in [5.41, 5.74) is 0.690. The summed E-state index contributed by atoms with van der Waals surface area (Å²) in [5, 5.41) is 11.6. The van der Waals surface area contributed by atoms with Crippen molar-refractivity contribution in [1.29, 1.82) is 0 Å². The molecule has 19 heavy (non-hydrogen) atoms. The monoisotopic (exact) mass is 267 g/mol. The van der Waals surface area contributed by atoms with E-state index in [0.29, 0.717) is 18.6 Å². The van der Waals surface area contributed by atoms with Gasteiger partial charge in [-0.05, 0) is 25.3 Å². The van der Waals surface area contributed by atoms with Crippen LogP contribution in [0.4, 0.5) is 4.39 Å². The van der Waals surface area contributed by atoms with Crippen molar-refractivity contribution in [1.82, 2.24) is 5.32 Å². The molecule has 0 radical (unpaired) electrons. The number of aliphatic hydroxyl groups is 1. The fourth-order valence-corrected chi connectivity index (χ4v) is 2.23. The van der Waals surface area contributed by atoms with Gasteiger partial charge in [-0.15, -0.1) is 0 Å². The minimum absolute atomic E-state index is 0.00753. The first-order valence-electron chi connectivity index (χ1n) is 6.54. The summed E-state index contributed by atoms with van der Waals surface area (Å²) in [6.07, 6.45) is 2.20. The molecule has 1 aliphatic heterocycles. The summed E-state index contributed by atoms with van der Waals surface area (Å²) < 4.78 is 19.1. The average Bonchev–Trinajstić information content (AvgIpc) is 2.60. The van der Waals surface area contributed by atoms with Gasteiger partial charge in [0.05, 0.1) is 12.6 Å². The highest BCUT2D eigenvalue weighted by Gasteiger charge is 2.23. The molecule has 0 saturated carbocycles. The SMILES string of the molecule is O=C(CCCO)NC1CCCOc2c(F)cccc21. The van der Waals surface area contributed by atoms with Crippen LogP contribution in [-0.4, -0.2) is 24.2 Å². The van der Waals surface area contributed by atoms with E-state index < -0.39 is 5.82 Å². The van der Waals surface area contributed by atoms with Crippen molar-refractivity contribution < 1.29 is 19.0 Å². The van der Waals surface area contributed by atoms with Gasteiger partial charge in [0.25, 0.3) is 0 Å². The molecule has 1 unspecified atom stereocenters. The zero-order chi connectivity index (χ0) is 13.7. The zero-order valence-electron chi connectivity index (χ0n) is 10.7. The number of carbonyl (C=O) groups is 1. The second-order valence-corrected chi connectivity index (χ2v) is 4.60. The smallest absolute Gasteiger partial charge is 0.220 e. The maximum Gasteiger partial charge on any atom is 0.220 e. The Bertz CT molecular complexity index is 450. The Morgan fingerprint density at radius 3 is 3.16 bits per heavy atom. The molecule has 0 fully saturated rings. The lowest BCUT2D eigenvalue weighted by atomic mass is 10.0. The van der Waals surface area contributed by atoms with Gasteiger partial charge in [-0.3, -0.25) is 4.79 Å². The van der Waals surface area contributed by atoms with E-state index in [4.69, 9.17) is 9.84 Å². The van der Waals surface area contributed by atoms with Crippen molar-refractivity contribution in [3.63, 3.8) is 0 Å². The van der Waals surface area contributed by atoms with E-state index in [1.807, 2.05) is 0 Å². The minimum Gasteiger partial charge on any atom is -0.490 e. The standard InChI is InChI=1S/C14H18FNO3/c15-11-5-1-4-10-12(6-3-9-19-14(10)11)16-13(18)7-2-8-17/h1,4-5,12,17H,2-3,6-9H2,(H,16,18). The second kappa shape index (κ2) is 6.52. The van der Waals surface area contributed by atoms with E-state index in [0.717, 1.165) is 12.8 Å². The van der Waals surface area contributed by atoms with Crippen molar-refractivity contribution in [2.45, 2.75) is 31.7 Å². The quantitative estimate of drug-likeness (QED) is 0.876. The van der Waals surface area contributed by atoms with Gasteiger partial charge in [-0.25, -0.2) is 4.39 Å². The number of hydrogen-bond acceptors (Lipinski definition) is 3. The van der Waals surface area contributed by atoms with E-state index in [1.54, 1.807) is 12.1 Å². The van der Waals surface area contributed by atoms with Crippen LogP contribution >= 0.6 is 0 Å². The second-order valence-electron chi connectivity index (χ2n) is 4.60. The lowest BCUT2D eigenvalue weighted by molar-refractivity contribution is -0.122. The molecule has 104 valence electrons. The highest BCUT2D eigenvalue weighted by Crippen LogP contribution is 2.33. The van der Waals surface area contributed by atoms with E-state index >= 15 is 0 Å². The molecular weight excluding hydrogens is 249 g/mol. The van der Waals surface area contributed by atoms with Gasteiger partial charge >= 0.3 is 0 Å². The number of benzene rings is 1. The van der Waals surface area contributed by atoms with Crippen LogP contribution in [0.1, 0.15) is 37.3 Å². The Hall–Kier alpha value is -1.62. The summed E-state index contributed by atoms with van der Waals surface area (Å²) in [6, 6.07) is 4.53. The summed E-state index contributed by atoms with van der Waals surface area (Å²) in [5.74, 6) is -0.280. The number of nitrogens with one attached hydrogen (secondary N) is 1. The molecule has 0 aromatic heterocycles. The van der Waals surface area contributed by atoms with Gasteiger partial charge in [0.15, 0.2) is 11.6 Å². The number of para-hydroxylation sites is 1. The van der Waals surface area contributed by atoms with Crippen molar-refractivity contribution in [2.24, 2.45) is 0 Å². The van der Waals surface area contributed by atoms with Gasteiger partial charge in [-0.2, -0.15) is 0 Å². The summed E-state index contributed by atoms with van der Waals surface area (Å²) in [7, 11) is 0. The van der Waals surface area contributed by atoms with Gasteiger partial charge in [0.1, 0.15) is 0 Å². The predicted molar refractivity (Wildman–Crippen MR) is 68.3 cm³/mol. The molecule has 1 aromatic rings. The Morgan fingerprint density at radius 2 is 2.37 bits per heavy atom. The fourth-order valence-electron chi connectivity index (χ4n) is 2.23. The number of aliphatic hydroxyl groups excluding tert-OH is 1. The third kappa shape index (κ3) is 3.44. The first kappa shape index (κ1) is 13.8. The van der Waals surface area contributed by atoms with Crippen LogP contribution in [0.3, 0.4) is 0 Å². The molecule has 5 heteroatoms. The van der Waals surface area contributed by atoms with Crippen molar-refractivity contribution in [3.05, 3.63) is 29.6 Å². The largest absolute Gasteiger partial charge is 0.490 e. The van der Waals surface area contributed by atoms with Crippen LogP contribution in [0.25, 0.3) is 0 Å². The average molecular weight is 267 g/mol. The summed E-state index contributed by atoms with van der Waals surface area (Å²) in [6.45, 7) is 0.448. The van der Waals surface area contributed by atoms with Gasteiger partial charge in [0, 0.05) is 18.6 Å². The third-order valence-electron chi connectivity index (χ3n) is 3.15. The highest BCUT2D eigenvalue weighted by atomic mass is 19.1. The topological polar surface area (TPSA) is 58.6 Å². The highest BCUT2D eigenvalue weighted by molar-refractivity contribution is 5.76. The molecular formula is C14H18FNO3. The molecule has 0 bridgehead atoms. The fraction of sp³-hybridized carbons (Fsp3) is 0.500. The number of hydrogen-bond donors (Lipinski definition) is 2. The third-order valence-corrected chi connectivity index (χ3v) is 3.15. The number of fused-ring (bicyclic) bond motifs is 1. The molecule has 1 atom stereocenters. The maximum absolute atomic E-state index is 13.7. The Balaban J connectivity index is 2.13. The Morgan fingerprint density at radius 1 is 1.53 bits per heavy atom. The van der Waals surface area contributed by atoms with E-state index in [1.165, 1.54) is 6.07 Å². The number of amides is 1. The molecule has 1 heterocycles. The Kier molecular flexibility index (Phi) is 4.74. The van der Waals surface area contributed by atoms with Crippen molar-refractivity contribution >= 4 is 5.91 Å². The van der Waals surface area contributed by atoms with Crippen LogP contribution < -0.4 is 10.1 Å². The van der Waals surface area contributed by atoms with Crippen molar-refractivity contribution in [3.8, 4) is 5.75 Å². The summed E-state index contributed by atoms with van der Waals surface area (Å²) in [4.78, 5) is 11.7. The first-order valence-corrected chi connectivity index (χ1v) is 6.54. The molecule has 0 aliphatic carbocycles. The van der Waals surface area contributed by atoms with Crippen LogP contribution in [0.5, 0.6) is 5.75 Å². The Labute approximate surface area is 111 Å². The minimum atomic E-state index is -0.394. The van der Waals surface area contributed by atoms with Crippen LogP contribution in [0.15, 0.2) is 18.2 Å². The summed E-state index contributed by atoms with van der Waals surface area (Å²) >= 11 is 0. The van der Waals surface area contributed by atoms with Crippen LogP contribution in [0, 0.1) is 5.82 Å². The van der Waals surface area contributed by atoms with Crippen LogP contribution in [-0.2, 0) is 4.79 Å².